The van der Waals surface area contributed by atoms with E-state index in [4.69, 9.17) is 4.74 Å². The van der Waals surface area contributed by atoms with Crippen LogP contribution in [0.4, 0.5) is 0 Å². The molecule has 27 heavy (non-hydrogen) atoms. The monoisotopic (exact) mass is 395 g/mol. The molecular formula is C18H29N5O3S. The van der Waals surface area contributed by atoms with Gasteiger partial charge in [-0.15, -0.1) is 10.2 Å². The Hall–Kier alpha value is -2.00. The Morgan fingerprint density at radius 1 is 1.19 bits per heavy atom. The molecule has 0 aliphatic heterocycles. The number of rotatable bonds is 7. The first-order chi connectivity index (χ1) is 12.7. The minimum Gasteiger partial charge on any atom is -0.494 e. The van der Waals surface area contributed by atoms with Crippen LogP contribution in [0.5, 0.6) is 5.75 Å². The van der Waals surface area contributed by atoms with Crippen molar-refractivity contribution in [2.45, 2.75) is 64.8 Å². The van der Waals surface area contributed by atoms with Crippen LogP contribution in [0, 0.1) is 0 Å². The standard InChI is InChI=1S/C12H16N4O.C6H13NO2S/c1-4-17-11-7-5-10(6-8-11)12-13-15-16(14-12)9(2)3;1-5(2)7-10(8,9)6-3-4-6/h5-9H,4H2,1-3H3;5-7H,3-4H2,1-2H3. The van der Waals surface area contributed by atoms with Gasteiger partial charge in [-0.2, -0.15) is 4.80 Å². The number of tetrazole rings is 1. The van der Waals surface area contributed by atoms with Crippen LogP contribution in [0.3, 0.4) is 0 Å². The normalized spacial score (nSPS) is 14.2. The molecule has 1 N–H and O–H groups in total. The van der Waals surface area contributed by atoms with Crippen LogP contribution >= 0.6 is 0 Å². The van der Waals surface area contributed by atoms with Crippen molar-refractivity contribution in [2.75, 3.05) is 6.61 Å². The SMILES string of the molecule is CC(C)NS(=O)(=O)C1CC1.CCOc1ccc(-c2nnn(C(C)C)n2)cc1. The van der Waals surface area contributed by atoms with Crippen molar-refractivity contribution < 1.29 is 13.2 Å². The summed E-state index contributed by atoms with van der Waals surface area (Å²) >= 11 is 0. The fourth-order valence-corrected chi connectivity index (χ4v) is 3.84. The number of hydrogen-bond acceptors (Lipinski definition) is 6. The molecule has 1 aliphatic carbocycles. The molecule has 0 unspecified atom stereocenters. The second-order valence-electron chi connectivity index (χ2n) is 7.00. The second-order valence-corrected chi connectivity index (χ2v) is 8.99. The summed E-state index contributed by atoms with van der Waals surface area (Å²) in [6, 6.07) is 7.95. The van der Waals surface area contributed by atoms with E-state index in [0.717, 1.165) is 24.2 Å². The third kappa shape index (κ3) is 6.59. The Morgan fingerprint density at radius 2 is 1.81 bits per heavy atom. The zero-order chi connectivity index (χ0) is 20.0. The maximum atomic E-state index is 11.1. The summed E-state index contributed by atoms with van der Waals surface area (Å²) in [6.07, 6.45) is 1.67. The molecule has 0 atom stereocenters. The minimum atomic E-state index is -2.94. The van der Waals surface area contributed by atoms with Gasteiger partial charge in [0, 0.05) is 11.6 Å². The van der Waals surface area contributed by atoms with Crippen LogP contribution in [-0.2, 0) is 10.0 Å². The lowest BCUT2D eigenvalue weighted by Crippen LogP contribution is -2.32. The average Bonchev–Trinajstić information content (AvgIpc) is 3.34. The Bertz CT molecular complexity index is 812. The van der Waals surface area contributed by atoms with Crippen molar-refractivity contribution in [1.82, 2.24) is 24.9 Å². The van der Waals surface area contributed by atoms with Crippen molar-refractivity contribution in [2.24, 2.45) is 0 Å². The van der Waals surface area contributed by atoms with Crippen LogP contribution in [0.2, 0.25) is 0 Å². The lowest BCUT2D eigenvalue weighted by Gasteiger charge is -2.07. The molecular weight excluding hydrogens is 366 g/mol. The van der Waals surface area contributed by atoms with Gasteiger partial charge in [0.2, 0.25) is 15.8 Å². The molecule has 8 nitrogen and oxygen atoms in total. The summed E-state index contributed by atoms with van der Waals surface area (Å²) in [5.41, 5.74) is 0.945. The molecule has 0 spiro atoms. The van der Waals surface area contributed by atoms with E-state index >= 15 is 0 Å². The Balaban J connectivity index is 0.000000223. The maximum Gasteiger partial charge on any atom is 0.214 e. The predicted octanol–water partition coefficient (Wildman–Crippen LogP) is 2.80. The van der Waals surface area contributed by atoms with Crippen molar-refractivity contribution in [1.29, 1.82) is 0 Å². The number of nitrogens with zero attached hydrogens (tertiary/aromatic N) is 4. The summed E-state index contributed by atoms with van der Waals surface area (Å²) in [6.45, 7) is 10.3. The molecule has 0 saturated heterocycles. The zero-order valence-corrected chi connectivity index (χ0v) is 17.4. The van der Waals surface area contributed by atoms with E-state index in [1.165, 1.54) is 0 Å². The Labute approximate surface area is 161 Å². The highest BCUT2D eigenvalue weighted by Crippen LogP contribution is 2.27. The highest BCUT2D eigenvalue weighted by atomic mass is 32.2. The second kappa shape index (κ2) is 9.27. The predicted molar refractivity (Wildman–Crippen MR) is 105 cm³/mol. The summed E-state index contributed by atoms with van der Waals surface area (Å²) < 4.78 is 30.1. The highest BCUT2D eigenvalue weighted by Gasteiger charge is 2.35. The molecule has 9 heteroatoms. The van der Waals surface area contributed by atoms with Gasteiger partial charge in [-0.1, -0.05) is 0 Å². The van der Waals surface area contributed by atoms with Crippen LogP contribution in [0.15, 0.2) is 24.3 Å². The van der Waals surface area contributed by atoms with E-state index in [1.807, 2.05) is 58.9 Å². The molecule has 0 bridgehead atoms. The molecule has 3 rings (SSSR count). The maximum absolute atomic E-state index is 11.1. The number of sulfonamides is 1. The number of hydrogen-bond donors (Lipinski definition) is 1. The minimum absolute atomic E-state index is 0.0330. The van der Waals surface area contributed by atoms with Gasteiger partial charge in [-0.3, -0.25) is 0 Å². The van der Waals surface area contributed by atoms with Gasteiger partial charge >= 0.3 is 0 Å². The third-order valence-electron chi connectivity index (χ3n) is 3.68. The Kier molecular flexibility index (Phi) is 7.32. The van der Waals surface area contributed by atoms with Crippen LogP contribution in [0.1, 0.15) is 53.5 Å². The van der Waals surface area contributed by atoms with E-state index in [0.29, 0.717) is 12.4 Å². The van der Waals surface area contributed by atoms with E-state index in [2.05, 4.69) is 20.1 Å². The van der Waals surface area contributed by atoms with E-state index in [1.54, 1.807) is 4.80 Å². The quantitative estimate of drug-likeness (QED) is 0.774. The molecule has 1 aromatic heterocycles. The number of nitrogens with one attached hydrogen (secondary N) is 1. The van der Waals surface area contributed by atoms with Gasteiger partial charge in [-0.05, 0) is 76.9 Å². The van der Waals surface area contributed by atoms with Gasteiger partial charge in [-0.25, -0.2) is 13.1 Å². The van der Waals surface area contributed by atoms with Crippen molar-refractivity contribution >= 4 is 10.0 Å². The van der Waals surface area contributed by atoms with Gasteiger partial charge in [0.25, 0.3) is 0 Å². The molecule has 0 amide bonds. The van der Waals surface area contributed by atoms with Crippen LogP contribution in [-0.4, -0.2) is 46.5 Å². The van der Waals surface area contributed by atoms with Gasteiger partial charge in [0.1, 0.15) is 5.75 Å². The fourth-order valence-electron chi connectivity index (χ4n) is 2.23. The number of ether oxygens (including phenoxy) is 1. The average molecular weight is 396 g/mol. The molecule has 150 valence electrons. The number of aromatic nitrogens is 4. The van der Waals surface area contributed by atoms with Crippen molar-refractivity contribution in [3.8, 4) is 17.1 Å². The Morgan fingerprint density at radius 3 is 2.26 bits per heavy atom. The molecule has 1 aromatic carbocycles. The molecule has 1 aliphatic rings. The lowest BCUT2D eigenvalue weighted by atomic mass is 10.2. The number of benzene rings is 1. The van der Waals surface area contributed by atoms with Gasteiger partial charge < -0.3 is 4.74 Å². The lowest BCUT2D eigenvalue weighted by molar-refractivity contribution is 0.340. The summed E-state index contributed by atoms with van der Waals surface area (Å²) in [4.78, 5) is 1.60. The first-order valence-electron chi connectivity index (χ1n) is 9.26. The molecule has 1 fully saturated rings. The first kappa shape index (κ1) is 21.3. The molecule has 1 saturated carbocycles. The summed E-state index contributed by atoms with van der Waals surface area (Å²) in [5.74, 6) is 1.49. The first-order valence-corrected chi connectivity index (χ1v) is 10.8. The topological polar surface area (TPSA) is 99.0 Å². The molecule has 2 aromatic rings. The largest absolute Gasteiger partial charge is 0.494 e. The summed E-state index contributed by atoms with van der Waals surface area (Å²) in [7, 11) is -2.94. The van der Waals surface area contributed by atoms with Gasteiger partial charge in [0.15, 0.2) is 0 Å². The van der Waals surface area contributed by atoms with E-state index < -0.39 is 10.0 Å². The van der Waals surface area contributed by atoms with Crippen molar-refractivity contribution in [3.63, 3.8) is 0 Å². The molecule has 0 radical (unpaired) electrons. The zero-order valence-electron chi connectivity index (χ0n) is 16.6. The fraction of sp³-hybridized carbons (Fsp3) is 0.611. The van der Waals surface area contributed by atoms with Crippen LogP contribution in [0.25, 0.3) is 11.4 Å². The molecule has 1 heterocycles. The summed E-state index contributed by atoms with van der Waals surface area (Å²) in [5, 5.41) is 12.2. The van der Waals surface area contributed by atoms with Crippen molar-refractivity contribution in [3.05, 3.63) is 24.3 Å². The van der Waals surface area contributed by atoms with E-state index in [-0.39, 0.29) is 17.3 Å². The smallest absolute Gasteiger partial charge is 0.214 e. The van der Waals surface area contributed by atoms with Crippen LogP contribution < -0.4 is 9.46 Å². The highest BCUT2D eigenvalue weighted by molar-refractivity contribution is 7.90. The third-order valence-corrected chi connectivity index (χ3v) is 5.83. The van der Waals surface area contributed by atoms with Gasteiger partial charge in [0.05, 0.1) is 17.9 Å². The van der Waals surface area contributed by atoms with E-state index in [9.17, 15) is 8.42 Å².